The van der Waals surface area contributed by atoms with Crippen LogP contribution in [0.3, 0.4) is 0 Å². The van der Waals surface area contributed by atoms with Crippen LogP contribution in [-0.4, -0.2) is 51.8 Å². The van der Waals surface area contributed by atoms with Crippen molar-refractivity contribution in [3.8, 4) is 0 Å². The van der Waals surface area contributed by atoms with Crippen LogP contribution >= 0.6 is 0 Å². The van der Waals surface area contributed by atoms with Crippen molar-refractivity contribution in [2.75, 3.05) is 19.6 Å². The van der Waals surface area contributed by atoms with E-state index in [1.807, 2.05) is 53.1 Å². The second kappa shape index (κ2) is 6.71. The lowest BCUT2D eigenvalue weighted by Gasteiger charge is -2.51. The molecule has 2 amide bonds. The molecule has 26 heavy (non-hydrogen) atoms. The summed E-state index contributed by atoms with van der Waals surface area (Å²) in [6.45, 7) is 4.12. The average Bonchev–Trinajstić information content (AvgIpc) is 2.67. The van der Waals surface area contributed by atoms with Crippen molar-refractivity contribution in [1.29, 1.82) is 0 Å². The first-order valence-electron chi connectivity index (χ1n) is 9.58. The molecule has 2 aliphatic heterocycles. The van der Waals surface area contributed by atoms with E-state index in [9.17, 15) is 9.59 Å². The number of para-hydroxylation sites is 1. The summed E-state index contributed by atoms with van der Waals surface area (Å²) < 4.78 is 0. The van der Waals surface area contributed by atoms with Crippen molar-refractivity contribution in [3.63, 3.8) is 0 Å². The van der Waals surface area contributed by atoms with Gasteiger partial charge in [0.05, 0.1) is 11.1 Å². The minimum atomic E-state index is -0.186. The molecule has 0 saturated carbocycles. The highest BCUT2D eigenvalue weighted by Crippen LogP contribution is 2.36. The molecular formula is C21H25N3O2. The summed E-state index contributed by atoms with van der Waals surface area (Å²) >= 11 is 0. The van der Waals surface area contributed by atoms with Gasteiger partial charge in [-0.25, -0.2) is 4.98 Å². The average molecular weight is 351 g/mol. The molecule has 0 N–H and O–H groups in total. The molecule has 0 bridgehead atoms. The number of pyridine rings is 1. The van der Waals surface area contributed by atoms with Gasteiger partial charge in [0.2, 0.25) is 5.91 Å². The topological polar surface area (TPSA) is 53.5 Å². The number of likely N-dealkylation sites (N-methyl/N-ethyl adjacent to an activating group) is 1. The molecule has 2 aromatic rings. The van der Waals surface area contributed by atoms with E-state index in [2.05, 4.69) is 4.98 Å². The summed E-state index contributed by atoms with van der Waals surface area (Å²) in [6.07, 6.45) is 4.47. The van der Waals surface area contributed by atoms with E-state index < -0.39 is 0 Å². The van der Waals surface area contributed by atoms with Crippen molar-refractivity contribution in [3.05, 3.63) is 42.1 Å². The van der Waals surface area contributed by atoms with Gasteiger partial charge in [-0.1, -0.05) is 24.3 Å². The first-order valence-corrected chi connectivity index (χ1v) is 9.58. The van der Waals surface area contributed by atoms with E-state index in [1.54, 1.807) is 0 Å². The van der Waals surface area contributed by atoms with Gasteiger partial charge in [-0.2, -0.15) is 0 Å². The zero-order chi connectivity index (χ0) is 18.1. The summed E-state index contributed by atoms with van der Waals surface area (Å²) in [5, 5.41) is 1.04. The minimum absolute atomic E-state index is 0.0242. The maximum absolute atomic E-state index is 13.1. The lowest BCUT2D eigenvalue weighted by atomic mass is 9.79. The molecule has 0 radical (unpaired) electrons. The third-order valence-corrected chi connectivity index (χ3v) is 5.88. The minimum Gasteiger partial charge on any atom is -0.336 e. The fourth-order valence-corrected chi connectivity index (χ4v) is 4.67. The Balaban J connectivity index is 1.60. The number of carbonyl (C=O) groups is 2. The molecule has 1 spiro atoms. The van der Waals surface area contributed by atoms with Gasteiger partial charge in [0.15, 0.2) is 0 Å². The molecule has 1 aromatic carbocycles. The van der Waals surface area contributed by atoms with Crippen LogP contribution in [0.15, 0.2) is 36.4 Å². The third kappa shape index (κ3) is 2.85. The Morgan fingerprint density at radius 2 is 1.96 bits per heavy atom. The maximum Gasteiger partial charge on any atom is 0.272 e. The van der Waals surface area contributed by atoms with Crippen LogP contribution in [0.1, 0.15) is 49.5 Å². The number of likely N-dealkylation sites (tertiary alicyclic amines) is 2. The number of amides is 2. The first kappa shape index (κ1) is 17.0. The molecule has 2 fully saturated rings. The number of hydrogen-bond donors (Lipinski definition) is 0. The number of piperidine rings is 2. The lowest BCUT2D eigenvalue weighted by Crippen LogP contribution is -2.63. The predicted molar refractivity (Wildman–Crippen MR) is 101 cm³/mol. The zero-order valence-corrected chi connectivity index (χ0v) is 15.3. The second-order valence-electron chi connectivity index (χ2n) is 7.44. The standard InChI is InChI=1S/C21H25N3O2/c1-2-24-19(25)9-5-12-21(24)13-6-14-23(15-21)20(26)18-11-10-16-7-3-4-8-17(16)22-18/h3-4,7-8,10-11H,2,5-6,9,12-15H2,1H3/t21-/m0/s1. The summed E-state index contributed by atoms with van der Waals surface area (Å²) in [6, 6.07) is 11.6. The SMILES string of the molecule is CCN1C(=O)CCC[C@@]12CCCN(C(=O)c1ccc3ccccc3n1)C2. The molecular weight excluding hydrogens is 326 g/mol. The maximum atomic E-state index is 13.1. The summed E-state index contributed by atoms with van der Waals surface area (Å²) in [7, 11) is 0. The quantitative estimate of drug-likeness (QED) is 0.835. The molecule has 1 atom stereocenters. The molecule has 3 heterocycles. The lowest BCUT2D eigenvalue weighted by molar-refractivity contribution is -0.144. The molecule has 5 heteroatoms. The van der Waals surface area contributed by atoms with Gasteiger partial charge in [0.1, 0.15) is 5.69 Å². The number of fused-ring (bicyclic) bond motifs is 1. The number of benzene rings is 1. The normalized spacial score (nSPS) is 23.7. The van der Waals surface area contributed by atoms with Gasteiger partial charge in [-0.15, -0.1) is 0 Å². The summed E-state index contributed by atoms with van der Waals surface area (Å²) in [5.74, 6) is 0.209. The highest BCUT2D eigenvalue weighted by atomic mass is 16.2. The second-order valence-corrected chi connectivity index (χ2v) is 7.44. The summed E-state index contributed by atoms with van der Waals surface area (Å²) in [4.78, 5) is 34.0. The largest absolute Gasteiger partial charge is 0.336 e. The third-order valence-electron chi connectivity index (χ3n) is 5.88. The van der Waals surface area contributed by atoms with Crippen LogP contribution in [-0.2, 0) is 4.79 Å². The van der Waals surface area contributed by atoms with Crippen LogP contribution in [0.4, 0.5) is 0 Å². The van der Waals surface area contributed by atoms with E-state index in [0.29, 0.717) is 18.7 Å². The van der Waals surface area contributed by atoms with Crippen molar-refractivity contribution < 1.29 is 9.59 Å². The number of nitrogens with zero attached hydrogens (tertiary/aromatic N) is 3. The van der Waals surface area contributed by atoms with E-state index in [4.69, 9.17) is 0 Å². The van der Waals surface area contributed by atoms with E-state index in [-0.39, 0.29) is 17.4 Å². The van der Waals surface area contributed by atoms with E-state index >= 15 is 0 Å². The van der Waals surface area contributed by atoms with Crippen molar-refractivity contribution in [2.24, 2.45) is 0 Å². The predicted octanol–water partition coefficient (Wildman–Crippen LogP) is 3.24. The van der Waals surface area contributed by atoms with Crippen LogP contribution in [0.2, 0.25) is 0 Å². The number of rotatable bonds is 2. The number of hydrogen-bond acceptors (Lipinski definition) is 3. The molecule has 2 saturated heterocycles. The Morgan fingerprint density at radius 3 is 2.81 bits per heavy atom. The Kier molecular flexibility index (Phi) is 4.39. The molecule has 4 rings (SSSR count). The van der Waals surface area contributed by atoms with E-state index in [0.717, 1.165) is 49.7 Å². The Morgan fingerprint density at radius 1 is 1.15 bits per heavy atom. The fraction of sp³-hybridized carbons (Fsp3) is 0.476. The van der Waals surface area contributed by atoms with Gasteiger partial charge in [-0.3, -0.25) is 9.59 Å². The summed E-state index contributed by atoms with van der Waals surface area (Å²) in [5.41, 5.74) is 1.15. The molecule has 2 aliphatic rings. The zero-order valence-electron chi connectivity index (χ0n) is 15.3. The van der Waals surface area contributed by atoms with Crippen molar-refractivity contribution in [1.82, 2.24) is 14.8 Å². The monoisotopic (exact) mass is 351 g/mol. The fourth-order valence-electron chi connectivity index (χ4n) is 4.67. The van der Waals surface area contributed by atoms with Gasteiger partial charge in [-0.05, 0) is 44.7 Å². The smallest absolute Gasteiger partial charge is 0.272 e. The van der Waals surface area contributed by atoms with Crippen LogP contribution in [0.5, 0.6) is 0 Å². The first-order chi connectivity index (χ1) is 12.6. The molecule has 5 nitrogen and oxygen atoms in total. The van der Waals surface area contributed by atoms with Crippen molar-refractivity contribution >= 4 is 22.7 Å². The molecule has 0 unspecified atom stereocenters. The van der Waals surface area contributed by atoms with Gasteiger partial charge in [0.25, 0.3) is 5.91 Å². The Bertz CT molecular complexity index is 846. The molecule has 136 valence electrons. The van der Waals surface area contributed by atoms with E-state index in [1.165, 1.54) is 0 Å². The van der Waals surface area contributed by atoms with Crippen LogP contribution < -0.4 is 0 Å². The van der Waals surface area contributed by atoms with Gasteiger partial charge < -0.3 is 9.80 Å². The molecule has 0 aliphatic carbocycles. The van der Waals surface area contributed by atoms with Gasteiger partial charge in [0, 0.05) is 31.4 Å². The highest BCUT2D eigenvalue weighted by Gasteiger charge is 2.45. The van der Waals surface area contributed by atoms with Crippen LogP contribution in [0, 0.1) is 0 Å². The number of carbonyl (C=O) groups excluding carboxylic acids is 2. The molecule has 1 aromatic heterocycles. The Labute approximate surface area is 154 Å². The highest BCUT2D eigenvalue weighted by molar-refractivity contribution is 5.95. The van der Waals surface area contributed by atoms with Crippen LogP contribution in [0.25, 0.3) is 10.9 Å². The number of aromatic nitrogens is 1. The van der Waals surface area contributed by atoms with Gasteiger partial charge >= 0.3 is 0 Å². The Hall–Kier alpha value is -2.43. The van der Waals surface area contributed by atoms with Crippen molar-refractivity contribution in [2.45, 2.75) is 44.6 Å².